The molecule has 0 aliphatic carbocycles. The summed E-state index contributed by atoms with van der Waals surface area (Å²) in [5, 5.41) is 6.80. The van der Waals surface area contributed by atoms with Gasteiger partial charge in [0.1, 0.15) is 5.75 Å². The minimum absolute atomic E-state index is 0.104. The van der Waals surface area contributed by atoms with Crippen molar-refractivity contribution in [2.45, 2.75) is 12.1 Å². The zero-order valence-electron chi connectivity index (χ0n) is 13.1. The average Bonchev–Trinajstić information content (AvgIpc) is 3.07. The Morgan fingerprint density at radius 1 is 1.17 bits per heavy atom. The summed E-state index contributed by atoms with van der Waals surface area (Å²) in [7, 11) is -3.98. The highest BCUT2D eigenvalue weighted by molar-refractivity contribution is 7.91. The quantitative estimate of drug-likeness (QED) is 0.798. The van der Waals surface area contributed by atoms with Gasteiger partial charge in [0.05, 0.1) is 13.2 Å². The number of hydrogen-bond acceptors (Lipinski definition) is 7. The molecule has 0 radical (unpaired) electrons. The van der Waals surface area contributed by atoms with Crippen LogP contribution in [0.4, 0.5) is 0 Å². The van der Waals surface area contributed by atoms with Crippen LogP contribution in [0, 0.1) is 6.92 Å². The zero-order chi connectivity index (χ0) is 17.2. The summed E-state index contributed by atoms with van der Waals surface area (Å²) in [6, 6.07) is 7.24. The van der Waals surface area contributed by atoms with Crippen LogP contribution >= 0.6 is 0 Å². The molecular weight excluding hydrogens is 334 g/mol. The first-order chi connectivity index (χ1) is 11.5. The van der Waals surface area contributed by atoms with Crippen LogP contribution in [0.3, 0.4) is 0 Å². The Morgan fingerprint density at radius 2 is 1.83 bits per heavy atom. The number of carbonyl (C=O) groups excluding carboxylic acids is 1. The number of amides is 1. The Balaban J connectivity index is 1.75. The van der Waals surface area contributed by atoms with Gasteiger partial charge in [-0.05, 0) is 19.1 Å². The SMILES string of the molecule is Cc1ccc(-c2nnc(S(=O)(=O)CC(=O)N3CCOCC3)o2)cc1. The first kappa shape index (κ1) is 16.6. The maximum absolute atomic E-state index is 12.3. The number of ether oxygens (including phenoxy) is 1. The largest absolute Gasteiger partial charge is 0.408 e. The summed E-state index contributed by atoms with van der Waals surface area (Å²) >= 11 is 0. The summed E-state index contributed by atoms with van der Waals surface area (Å²) < 4.78 is 35.0. The molecule has 2 heterocycles. The third kappa shape index (κ3) is 3.62. The van der Waals surface area contributed by atoms with Crippen molar-refractivity contribution in [1.29, 1.82) is 0 Å². The minimum Gasteiger partial charge on any atom is -0.408 e. The van der Waals surface area contributed by atoms with E-state index in [9.17, 15) is 13.2 Å². The summed E-state index contributed by atoms with van der Waals surface area (Å²) in [4.78, 5) is 13.6. The molecular formula is C15H17N3O5S. The number of hydrogen-bond donors (Lipinski definition) is 0. The average molecular weight is 351 g/mol. The van der Waals surface area contributed by atoms with Gasteiger partial charge >= 0.3 is 5.22 Å². The van der Waals surface area contributed by atoms with Crippen LogP contribution in [0.15, 0.2) is 33.9 Å². The van der Waals surface area contributed by atoms with Gasteiger partial charge in [0.15, 0.2) is 0 Å². The molecule has 0 unspecified atom stereocenters. The fraction of sp³-hybridized carbons (Fsp3) is 0.400. The predicted octanol–water partition coefficient (Wildman–Crippen LogP) is 0.678. The molecule has 0 atom stereocenters. The van der Waals surface area contributed by atoms with Crippen LogP contribution < -0.4 is 0 Å². The van der Waals surface area contributed by atoms with Crippen LogP contribution in [0.2, 0.25) is 0 Å². The highest BCUT2D eigenvalue weighted by atomic mass is 32.2. The number of benzene rings is 1. The molecule has 2 aromatic rings. The molecule has 1 aromatic heterocycles. The second-order valence-electron chi connectivity index (χ2n) is 5.49. The van der Waals surface area contributed by atoms with Crippen molar-refractivity contribution >= 4 is 15.7 Å². The molecule has 3 rings (SSSR count). The van der Waals surface area contributed by atoms with E-state index >= 15 is 0 Å². The van der Waals surface area contributed by atoms with E-state index < -0.39 is 26.7 Å². The number of nitrogens with zero attached hydrogens (tertiary/aromatic N) is 3. The highest BCUT2D eigenvalue weighted by Gasteiger charge is 2.29. The lowest BCUT2D eigenvalue weighted by Crippen LogP contribution is -2.43. The van der Waals surface area contributed by atoms with Gasteiger partial charge in [-0.25, -0.2) is 8.42 Å². The van der Waals surface area contributed by atoms with Crippen LogP contribution in [0.5, 0.6) is 0 Å². The smallest absolute Gasteiger partial charge is 0.336 e. The fourth-order valence-corrected chi connectivity index (χ4v) is 3.28. The molecule has 0 bridgehead atoms. The van der Waals surface area contributed by atoms with Gasteiger partial charge in [0.2, 0.25) is 21.6 Å². The van der Waals surface area contributed by atoms with Gasteiger partial charge in [-0.2, -0.15) is 0 Å². The van der Waals surface area contributed by atoms with Crippen LogP contribution in [0.25, 0.3) is 11.5 Å². The second-order valence-corrected chi connectivity index (χ2v) is 7.36. The lowest BCUT2D eigenvalue weighted by Gasteiger charge is -2.26. The lowest BCUT2D eigenvalue weighted by atomic mass is 10.1. The van der Waals surface area contributed by atoms with Crippen molar-refractivity contribution in [3.8, 4) is 11.5 Å². The number of rotatable bonds is 4. The predicted molar refractivity (Wildman–Crippen MR) is 83.9 cm³/mol. The van der Waals surface area contributed by atoms with Gasteiger partial charge in [-0.3, -0.25) is 4.79 Å². The van der Waals surface area contributed by atoms with Gasteiger partial charge in [-0.15, -0.1) is 5.10 Å². The van der Waals surface area contributed by atoms with E-state index in [-0.39, 0.29) is 5.89 Å². The molecule has 1 amide bonds. The number of aromatic nitrogens is 2. The maximum atomic E-state index is 12.3. The summed E-state index contributed by atoms with van der Waals surface area (Å²) in [5.41, 5.74) is 1.68. The standard InChI is InChI=1S/C15H17N3O5S/c1-11-2-4-12(5-3-11)14-16-17-15(23-14)24(20,21)10-13(19)18-6-8-22-9-7-18/h2-5H,6-10H2,1H3. The molecule has 1 aliphatic rings. The first-order valence-electron chi connectivity index (χ1n) is 7.44. The van der Waals surface area contributed by atoms with Gasteiger partial charge in [0.25, 0.3) is 0 Å². The third-order valence-electron chi connectivity index (χ3n) is 3.65. The van der Waals surface area contributed by atoms with E-state index in [1.54, 1.807) is 12.1 Å². The van der Waals surface area contributed by atoms with Gasteiger partial charge < -0.3 is 14.1 Å². The topological polar surface area (TPSA) is 103 Å². The van der Waals surface area contributed by atoms with Crippen molar-refractivity contribution in [3.63, 3.8) is 0 Å². The molecule has 24 heavy (non-hydrogen) atoms. The van der Waals surface area contributed by atoms with E-state index in [2.05, 4.69) is 10.2 Å². The van der Waals surface area contributed by atoms with Crippen molar-refractivity contribution in [2.24, 2.45) is 0 Å². The minimum atomic E-state index is -3.98. The number of sulfone groups is 1. The molecule has 1 aliphatic heterocycles. The Kier molecular flexibility index (Phi) is 4.63. The molecule has 9 heteroatoms. The normalized spacial score (nSPS) is 15.5. The summed E-state index contributed by atoms with van der Waals surface area (Å²) in [6.45, 7) is 3.51. The van der Waals surface area contributed by atoms with Gasteiger partial charge in [0, 0.05) is 18.7 Å². The van der Waals surface area contributed by atoms with E-state index in [1.165, 1.54) is 4.90 Å². The fourth-order valence-electron chi connectivity index (χ4n) is 2.28. The maximum Gasteiger partial charge on any atom is 0.336 e. The van der Waals surface area contributed by atoms with Crippen LogP contribution in [-0.2, 0) is 19.4 Å². The Bertz CT molecular complexity index is 823. The van der Waals surface area contributed by atoms with E-state index in [0.29, 0.717) is 31.9 Å². The van der Waals surface area contributed by atoms with E-state index in [4.69, 9.17) is 9.15 Å². The molecule has 1 fully saturated rings. The van der Waals surface area contributed by atoms with Crippen molar-refractivity contribution in [3.05, 3.63) is 29.8 Å². The molecule has 1 saturated heterocycles. The summed E-state index contributed by atoms with van der Waals surface area (Å²) in [6.07, 6.45) is 0. The second kappa shape index (κ2) is 6.70. The van der Waals surface area contributed by atoms with Crippen molar-refractivity contribution < 1.29 is 22.4 Å². The number of carbonyl (C=O) groups is 1. The van der Waals surface area contributed by atoms with E-state index in [1.807, 2.05) is 19.1 Å². The number of aryl methyl sites for hydroxylation is 1. The van der Waals surface area contributed by atoms with Crippen molar-refractivity contribution in [1.82, 2.24) is 15.1 Å². The third-order valence-corrected chi connectivity index (χ3v) is 4.97. The van der Waals surface area contributed by atoms with Crippen LogP contribution in [0.1, 0.15) is 5.56 Å². The molecule has 0 N–H and O–H groups in total. The molecule has 0 saturated carbocycles. The zero-order valence-corrected chi connectivity index (χ0v) is 14.0. The van der Waals surface area contributed by atoms with Crippen LogP contribution in [-0.4, -0.2) is 61.5 Å². The lowest BCUT2D eigenvalue weighted by molar-refractivity contribution is -0.132. The molecule has 1 aromatic carbocycles. The van der Waals surface area contributed by atoms with Crippen molar-refractivity contribution in [2.75, 3.05) is 32.1 Å². The highest BCUT2D eigenvalue weighted by Crippen LogP contribution is 2.21. The molecule has 128 valence electrons. The monoisotopic (exact) mass is 351 g/mol. The Labute approximate surface area is 139 Å². The molecule has 0 spiro atoms. The first-order valence-corrected chi connectivity index (χ1v) is 9.10. The number of morpholine rings is 1. The Morgan fingerprint density at radius 3 is 2.50 bits per heavy atom. The Hall–Kier alpha value is -2.26. The van der Waals surface area contributed by atoms with E-state index in [0.717, 1.165) is 5.56 Å². The molecule has 8 nitrogen and oxygen atoms in total. The summed E-state index contributed by atoms with van der Waals surface area (Å²) in [5.74, 6) is -1.08. The van der Waals surface area contributed by atoms with Gasteiger partial charge in [-0.1, -0.05) is 22.8 Å².